The molecule has 2 saturated carbocycles. The molecule has 3 heterocycles. The number of benzene rings is 2. The van der Waals surface area contributed by atoms with Crippen LogP contribution < -0.4 is 16.7 Å². The van der Waals surface area contributed by atoms with E-state index in [4.69, 9.17) is 28.9 Å². The number of alkyl halides is 2. The number of nitrogen functional groups attached to an aromatic ring is 1. The molecule has 0 bridgehead atoms. The molecule has 5 aromatic rings. The Kier molecular flexibility index (Phi) is 19.8. The number of pyridine rings is 2. The monoisotopic (exact) mass is 789 g/mol. The van der Waals surface area contributed by atoms with Gasteiger partial charge in [0.05, 0.1) is 16.5 Å². The maximum Gasteiger partial charge on any atom is 0.327 e. The van der Waals surface area contributed by atoms with Crippen LogP contribution in [0.25, 0.3) is 11.2 Å². The Labute approximate surface area is 340 Å². The highest BCUT2D eigenvalue weighted by atomic mass is 35.5. The normalized spacial score (nSPS) is 15.5. The molecule has 2 fully saturated rings. The number of anilines is 2. The van der Waals surface area contributed by atoms with E-state index in [9.17, 15) is 4.79 Å². The van der Waals surface area contributed by atoms with Crippen LogP contribution >= 0.6 is 23.2 Å². The number of nitrogens with one attached hydrogen (secondary N) is 2. The van der Waals surface area contributed by atoms with Gasteiger partial charge in [-0.3, -0.25) is 4.57 Å². The van der Waals surface area contributed by atoms with Crippen LogP contribution in [0.5, 0.6) is 0 Å². The van der Waals surface area contributed by atoms with Crippen LogP contribution in [0.4, 0.5) is 11.5 Å². The topological polar surface area (TPSA) is 105 Å². The summed E-state index contributed by atoms with van der Waals surface area (Å²) in [7, 11) is 0. The zero-order valence-electron chi connectivity index (χ0n) is 32.6. The van der Waals surface area contributed by atoms with E-state index >= 15 is 0 Å². The average molecular weight is 791 g/mol. The third-order valence-corrected chi connectivity index (χ3v) is 11.2. The van der Waals surface area contributed by atoms with E-state index in [1.165, 1.54) is 82.1 Å². The standard InChI is InChI=1S/C19H21N3O.C18H23N3.C6H15N.CH2Cl2.CH4/c23-18-21-16-10-7-13-20-17(16)22(18)14-19(11-5-2-6-12-19)15-8-3-1-4-9-15;19-16-10-7-13-20-17(16)21-14-18(11-5-2-6-12-18)15-8-3-1-4-9-15;1-4-7(5-2)6-3;2-1-3;/h1,3-4,7-10,13H,2,5-6,11-12,14H2,(H,21,23);1,3-4,7-10,13H,2,5-6,11-12,14,19H2,(H,20,21);4-6H2,1-3H3;1H2;1H4. The molecule has 8 nitrogen and oxygen atoms in total. The van der Waals surface area contributed by atoms with Gasteiger partial charge in [-0.25, -0.2) is 14.8 Å². The second kappa shape index (κ2) is 23.9. The fourth-order valence-corrected chi connectivity index (χ4v) is 8.07. The molecule has 0 atom stereocenters. The summed E-state index contributed by atoms with van der Waals surface area (Å²) < 4.78 is 1.83. The van der Waals surface area contributed by atoms with Gasteiger partial charge in [-0.15, -0.1) is 23.2 Å². The van der Waals surface area contributed by atoms with E-state index in [1.54, 1.807) is 12.4 Å². The van der Waals surface area contributed by atoms with E-state index in [-0.39, 0.29) is 29.3 Å². The lowest BCUT2D eigenvalue weighted by Crippen LogP contribution is -2.37. The summed E-state index contributed by atoms with van der Waals surface area (Å²) in [4.78, 5) is 26.5. The molecule has 0 unspecified atom stereocenters. The molecule has 0 saturated heterocycles. The lowest BCUT2D eigenvalue weighted by Gasteiger charge is -2.38. The predicted molar refractivity (Wildman–Crippen MR) is 237 cm³/mol. The van der Waals surface area contributed by atoms with E-state index < -0.39 is 0 Å². The van der Waals surface area contributed by atoms with Crippen molar-refractivity contribution >= 4 is 45.9 Å². The third kappa shape index (κ3) is 12.8. The predicted octanol–water partition coefficient (Wildman–Crippen LogP) is 11.0. The highest BCUT2D eigenvalue weighted by molar-refractivity contribution is 6.40. The quantitative estimate of drug-likeness (QED) is 0.122. The number of nitrogens with two attached hydrogens (primary N) is 1. The molecule has 2 aliphatic carbocycles. The molecule has 300 valence electrons. The van der Waals surface area contributed by atoms with Crippen molar-refractivity contribution in [2.45, 2.75) is 110 Å². The van der Waals surface area contributed by atoms with Crippen molar-refractivity contribution in [1.82, 2.24) is 24.4 Å². The molecule has 0 aliphatic heterocycles. The van der Waals surface area contributed by atoms with Crippen LogP contribution in [0.1, 0.15) is 104 Å². The first kappa shape index (κ1) is 45.5. The number of hydrogen-bond acceptors (Lipinski definition) is 6. The van der Waals surface area contributed by atoms with Gasteiger partial charge in [0.1, 0.15) is 5.82 Å². The molecule has 0 spiro atoms. The van der Waals surface area contributed by atoms with E-state index in [1.807, 2.05) is 28.8 Å². The fraction of sp³-hybridized carbons (Fsp3) is 0.489. The first-order valence-electron chi connectivity index (χ1n) is 19.8. The first-order chi connectivity index (χ1) is 26.3. The van der Waals surface area contributed by atoms with Crippen LogP contribution in [0.2, 0.25) is 0 Å². The smallest absolute Gasteiger partial charge is 0.327 e. The van der Waals surface area contributed by atoms with Crippen LogP contribution in [0.3, 0.4) is 0 Å². The van der Waals surface area contributed by atoms with E-state index in [2.05, 4.69) is 107 Å². The van der Waals surface area contributed by atoms with E-state index in [0.29, 0.717) is 6.54 Å². The largest absolute Gasteiger partial charge is 0.396 e. The Morgan fingerprint density at radius 2 is 1.22 bits per heavy atom. The lowest BCUT2D eigenvalue weighted by atomic mass is 9.69. The number of fused-ring (bicyclic) bond motifs is 1. The van der Waals surface area contributed by atoms with Gasteiger partial charge >= 0.3 is 5.69 Å². The molecule has 0 amide bonds. The Morgan fingerprint density at radius 3 is 1.73 bits per heavy atom. The van der Waals surface area contributed by atoms with Crippen LogP contribution in [-0.2, 0) is 17.4 Å². The second-order valence-corrected chi connectivity index (χ2v) is 15.1. The number of halogens is 2. The van der Waals surface area contributed by atoms with Crippen LogP contribution in [0, 0.1) is 0 Å². The number of aromatic nitrogens is 4. The number of rotatable bonds is 10. The Bertz CT molecular complexity index is 1810. The summed E-state index contributed by atoms with van der Waals surface area (Å²) in [5.41, 5.74) is 11.3. The number of imidazole rings is 1. The molecular weight excluding hydrogens is 725 g/mol. The molecule has 4 N–H and O–H groups in total. The van der Waals surface area contributed by atoms with E-state index in [0.717, 1.165) is 42.1 Å². The summed E-state index contributed by atoms with van der Waals surface area (Å²) in [6.45, 7) is 11.7. The number of aromatic amines is 1. The van der Waals surface area contributed by atoms with Gasteiger partial charge in [0.25, 0.3) is 0 Å². The second-order valence-electron chi connectivity index (χ2n) is 14.3. The van der Waals surface area contributed by atoms with Crippen molar-refractivity contribution in [3.63, 3.8) is 0 Å². The molecule has 2 aliphatic rings. The van der Waals surface area contributed by atoms with Crippen molar-refractivity contribution in [3.05, 3.63) is 119 Å². The minimum Gasteiger partial charge on any atom is -0.396 e. The minimum atomic E-state index is -0.0559. The summed E-state index contributed by atoms with van der Waals surface area (Å²) in [6, 6.07) is 29.1. The Hall–Kier alpha value is -3.85. The highest BCUT2D eigenvalue weighted by Gasteiger charge is 2.36. The number of nitrogens with zero attached hydrogens (tertiary/aromatic N) is 4. The van der Waals surface area contributed by atoms with Crippen LogP contribution in [0.15, 0.2) is 102 Å². The van der Waals surface area contributed by atoms with Gasteiger partial charge < -0.3 is 20.9 Å². The van der Waals surface area contributed by atoms with Gasteiger partial charge in [-0.1, -0.05) is 127 Å². The van der Waals surface area contributed by atoms with Gasteiger partial charge in [-0.2, -0.15) is 0 Å². The molecule has 0 radical (unpaired) electrons. The van der Waals surface area contributed by atoms with Crippen molar-refractivity contribution < 1.29 is 0 Å². The molecule has 3 aromatic heterocycles. The average Bonchev–Trinajstić information content (AvgIpc) is 3.54. The summed E-state index contributed by atoms with van der Waals surface area (Å²) in [5.74, 6) is 0.804. The maximum absolute atomic E-state index is 12.5. The summed E-state index contributed by atoms with van der Waals surface area (Å²) >= 11 is 9.53. The summed E-state index contributed by atoms with van der Waals surface area (Å²) in [5, 5.41) is 3.68. The Morgan fingerprint density at radius 1 is 0.727 bits per heavy atom. The molecule has 2 aromatic carbocycles. The third-order valence-electron chi connectivity index (χ3n) is 11.2. The Balaban J connectivity index is 0.000000235. The first-order valence-corrected chi connectivity index (χ1v) is 20.9. The zero-order valence-corrected chi connectivity index (χ0v) is 34.1. The van der Waals surface area contributed by atoms with Crippen molar-refractivity contribution in [3.8, 4) is 0 Å². The van der Waals surface area contributed by atoms with Gasteiger partial charge in [0.2, 0.25) is 0 Å². The number of H-pyrrole nitrogens is 1. The number of hydrogen-bond donors (Lipinski definition) is 3. The summed E-state index contributed by atoms with van der Waals surface area (Å²) in [6.07, 6.45) is 15.9. The van der Waals surface area contributed by atoms with Crippen LogP contribution in [-0.4, -0.2) is 55.9 Å². The van der Waals surface area contributed by atoms with Gasteiger partial charge in [0.15, 0.2) is 5.65 Å². The molecule has 55 heavy (non-hydrogen) atoms. The molecule has 10 heteroatoms. The van der Waals surface area contributed by atoms with Gasteiger partial charge in [0, 0.05) is 36.3 Å². The lowest BCUT2D eigenvalue weighted by molar-refractivity contribution is 0.256. The minimum absolute atomic E-state index is 0. The highest BCUT2D eigenvalue weighted by Crippen LogP contribution is 2.41. The molecular formula is C45H65Cl2N7O. The van der Waals surface area contributed by atoms with Crippen molar-refractivity contribution in [1.29, 1.82) is 0 Å². The van der Waals surface area contributed by atoms with Gasteiger partial charge in [-0.05, 0) is 80.7 Å². The van der Waals surface area contributed by atoms with Crippen molar-refractivity contribution in [2.24, 2.45) is 0 Å². The zero-order chi connectivity index (χ0) is 38.7. The SMILES string of the molecule is C.CCN(CC)CC.ClCCl.Nc1cccnc1NCC1(c2ccccc2)CCCCC1.O=c1[nH]c2cccnc2n1CC1(c2ccccc2)CCCCC1. The maximum atomic E-state index is 12.5. The van der Waals surface area contributed by atoms with Crippen molar-refractivity contribution in [2.75, 3.05) is 42.6 Å². The fourth-order valence-electron chi connectivity index (χ4n) is 8.07. The molecule has 7 rings (SSSR count).